The molecule has 0 aliphatic heterocycles. The fourth-order valence-electron chi connectivity index (χ4n) is 1.47. The topological polar surface area (TPSA) is 52.5 Å². The van der Waals surface area contributed by atoms with Gasteiger partial charge >= 0.3 is 6.18 Å². The van der Waals surface area contributed by atoms with Gasteiger partial charge in [-0.05, 0) is 18.6 Å². The van der Waals surface area contributed by atoms with Gasteiger partial charge in [-0.3, -0.25) is 0 Å². The fraction of sp³-hybridized carbons (Fsp3) is 0.500. The molecule has 0 amide bonds. The molecular weight excluding hydrogens is 247 g/mol. The van der Waals surface area contributed by atoms with Crippen molar-refractivity contribution in [1.29, 1.82) is 0 Å². The molecule has 102 valence electrons. The highest BCUT2D eigenvalue weighted by molar-refractivity contribution is 5.29. The Hall–Kier alpha value is -1.11. The highest BCUT2D eigenvalue weighted by atomic mass is 19.4. The van der Waals surface area contributed by atoms with Crippen LogP contribution in [0.5, 0.6) is 0 Å². The standard InChI is InChI=1S/C12H16F3NO2/c1-11(18,8-17)7-16-6-9-4-2-3-5-10(9)12(13,14)15/h2-5,16-18H,6-8H2,1H3. The summed E-state index contributed by atoms with van der Waals surface area (Å²) in [5.74, 6) is 0. The van der Waals surface area contributed by atoms with E-state index >= 15 is 0 Å². The van der Waals surface area contributed by atoms with Crippen molar-refractivity contribution in [2.24, 2.45) is 0 Å². The van der Waals surface area contributed by atoms with E-state index in [1.54, 1.807) is 0 Å². The Morgan fingerprint density at radius 2 is 1.83 bits per heavy atom. The molecule has 3 N–H and O–H groups in total. The van der Waals surface area contributed by atoms with E-state index in [1.165, 1.54) is 25.1 Å². The lowest BCUT2D eigenvalue weighted by molar-refractivity contribution is -0.138. The van der Waals surface area contributed by atoms with E-state index in [0.717, 1.165) is 6.07 Å². The van der Waals surface area contributed by atoms with Crippen LogP contribution in [0.4, 0.5) is 13.2 Å². The molecule has 0 aliphatic rings. The van der Waals surface area contributed by atoms with Crippen LogP contribution in [0.25, 0.3) is 0 Å². The van der Waals surface area contributed by atoms with Gasteiger partial charge in [0, 0.05) is 13.1 Å². The van der Waals surface area contributed by atoms with E-state index in [-0.39, 0.29) is 18.7 Å². The summed E-state index contributed by atoms with van der Waals surface area (Å²) in [6, 6.07) is 5.25. The maximum Gasteiger partial charge on any atom is 0.416 e. The van der Waals surface area contributed by atoms with Gasteiger partial charge in [-0.2, -0.15) is 13.2 Å². The van der Waals surface area contributed by atoms with E-state index < -0.39 is 23.9 Å². The molecule has 0 spiro atoms. The lowest BCUT2D eigenvalue weighted by Gasteiger charge is -2.21. The summed E-state index contributed by atoms with van der Waals surface area (Å²) in [5, 5.41) is 21.0. The molecule has 6 heteroatoms. The minimum atomic E-state index is -4.39. The zero-order chi connectivity index (χ0) is 13.8. The van der Waals surface area contributed by atoms with Crippen molar-refractivity contribution >= 4 is 0 Å². The monoisotopic (exact) mass is 263 g/mol. The van der Waals surface area contributed by atoms with Gasteiger partial charge < -0.3 is 15.5 Å². The smallest absolute Gasteiger partial charge is 0.393 e. The van der Waals surface area contributed by atoms with Gasteiger partial charge in [0.15, 0.2) is 0 Å². The molecule has 0 saturated heterocycles. The molecule has 1 aromatic carbocycles. The van der Waals surface area contributed by atoms with Crippen molar-refractivity contribution in [3.8, 4) is 0 Å². The number of nitrogens with one attached hydrogen (secondary N) is 1. The number of aliphatic hydroxyl groups excluding tert-OH is 1. The van der Waals surface area contributed by atoms with Crippen LogP contribution in [0, 0.1) is 0 Å². The lowest BCUT2D eigenvalue weighted by Crippen LogP contribution is -2.40. The molecule has 1 atom stereocenters. The first-order chi connectivity index (χ1) is 8.26. The molecule has 0 heterocycles. The number of benzene rings is 1. The number of hydrogen-bond donors (Lipinski definition) is 3. The molecule has 0 saturated carbocycles. The SMILES string of the molecule is CC(O)(CO)CNCc1ccccc1C(F)(F)F. The third kappa shape index (κ3) is 4.29. The third-order valence-corrected chi connectivity index (χ3v) is 2.48. The average Bonchev–Trinajstić information content (AvgIpc) is 2.28. The van der Waals surface area contributed by atoms with Crippen LogP contribution in [0.2, 0.25) is 0 Å². The van der Waals surface area contributed by atoms with Gasteiger partial charge in [0.2, 0.25) is 0 Å². The number of halogens is 3. The van der Waals surface area contributed by atoms with Crippen LogP contribution in [0.15, 0.2) is 24.3 Å². The quantitative estimate of drug-likeness (QED) is 0.755. The number of hydrogen-bond acceptors (Lipinski definition) is 3. The first-order valence-electron chi connectivity index (χ1n) is 5.45. The molecule has 0 radical (unpaired) electrons. The van der Waals surface area contributed by atoms with Crippen LogP contribution in [0.1, 0.15) is 18.1 Å². The normalized spacial score (nSPS) is 15.4. The van der Waals surface area contributed by atoms with Gasteiger partial charge in [-0.25, -0.2) is 0 Å². The summed E-state index contributed by atoms with van der Waals surface area (Å²) < 4.78 is 38.0. The number of alkyl halides is 3. The van der Waals surface area contributed by atoms with Crippen LogP contribution in [0.3, 0.4) is 0 Å². The highest BCUT2D eigenvalue weighted by Crippen LogP contribution is 2.31. The minimum absolute atomic E-state index is 0.00961. The number of rotatable bonds is 5. The molecular formula is C12H16F3NO2. The van der Waals surface area contributed by atoms with Crippen molar-refractivity contribution in [2.45, 2.75) is 25.2 Å². The molecule has 1 unspecified atom stereocenters. The van der Waals surface area contributed by atoms with E-state index in [4.69, 9.17) is 5.11 Å². The molecule has 1 aromatic rings. The van der Waals surface area contributed by atoms with E-state index in [9.17, 15) is 18.3 Å². The fourth-order valence-corrected chi connectivity index (χ4v) is 1.47. The zero-order valence-corrected chi connectivity index (χ0v) is 9.96. The second kappa shape index (κ2) is 5.69. The molecule has 0 aliphatic carbocycles. The molecule has 0 bridgehead atoms. The van der Waals surface area contributed by atoms with Crippen molar-refractivity contribution in [3.05, 3.63) is 35.4 Å². The van der Waals surface area contributed by atoms with Crippen molar-refractivity contribution in [3.63, 3.8) is 0 Å². The zero-order valence-electron chi connectivity index (χ0n) is 9.96. The first kappa shape index (κ1) is 14.9. The van der Waals surface area contributed by atoms with Gasteiger partial charge in [0.1, 0.15) is 0 Å². The van der Waals surface area contributed by atoms with Crippen molar-refractivity contribution < 1.29 is 23.4 Å². The second-order valence-corrected chi connectivity index (χ2v) is 4.41. The van der Waals surface area contributed by atoms with Gasteiger partial charge in [0.05, 0.1) is 17.8 Å². The van der Waals surface area contributed by atoms with Crippen LogP contribution in [-0.2, 0) is 12.7 Å². The minimum Gasteiger partial charge on any atom is -0.393 e. The molecule has 18 heavy (non-hydrogen) atoms. The lowest BCUT2D eigenvalue weighted by atomic mass is 10.1. The Morgan fingerprint density at radius 1 is 1.22 bits per heavy atom. The van der Waals surface area contributed by atoms with Crippen LogP contribution >= 0.6 is 0 Å². The maximum absolute atomic E-state index is 12.7. The Kier molecular flexibility index (Phi) is 4.72. The summed E-state index contributed by atoms with van der Waals surface area (Å²) in [5.41, 5.74) is -1.92. The van der Waals surface area contributed by atoms with E-state index in [1.807, 2.05) is 0 Å². The van der Waals surface area contributed by atoms with Crippen molar-refractivity contribution in [2.75, 3.05) is 13.2 Å². The summed E-state index contributed by atoms with van der Waals surface area (Å²) in [7, 11) is 0. The maximum atomic E-state index is 12.7. The second-order valence-electron chi connectivity index (χ2n) is 4.41. The van der Waals surface area contributed by atoms with Crippen LogP contribution in [-0.4, -0.2) is 29.0 Å². The summed E-state index contributed by atoms with van der Waals surface area (Å²) in [6.07, 6.45) is -4.39. The summed E-state index contributed by atoms with van der Waals surface area (Å²) in [4.78, 5) is 0. The Balaban J connectivity index is 2.69. The first-order valence-corrected chi connectivity index (χ1v) is 5.45. The summed E-state index contributed by atoms with van der Waals surface area (Å²) >= 11 is 0. The molecule has 0 aromatic heterocycles. The predicted octanol–water partition coefficient (Wildman–Crippen LogP) is 1.54. The highest BCUT2D eigenvalue weighted by Gasteiger charge is 2.32. The molecule has 3 nitrogen and oxygen atoms in total. The van der Waals surface area contributed by atoms with Crippen molar-refractivity contribution in [1.82, 2.24) is 5.32 Å². The Bertz CT molecular complexity index is 391. The Labute approximate surface area is 103 Å². The van der Waals surface area contributed by atoms with E-state index in [2.05, 4.69) is 5.32 Å². The number of aliphatic hydroxyl groups is 2. The van der Waals surface area contributed by atoms with Crippen LogP contribution < -0.4 is 5.32 Å². The molecule has 1 rings (SSSR count). The van der Waals surface area contributed by atoms with Gasteiger partial charge in [-0.1, -0.05) is 18.2 Å². The average molecular weight is 263 g/mol. The molecule has 0 fully saturated rings. The largest absolute Gasteiger partial charge is 0.416 e. The third-order valence-electron chi connectivity index (χ3n) is 2.48. The Morgan fingerprint density at radius 3 is 2.39 bits per heavy atom. The van der Waals surface area contributed by atoms with E-state index in [0.29, 0.717) is 0 Å². The predicted molar refractivity (Wildman–Crippen MR) is 60.9 cm³/mol. The summed E-state index contributed by atoms with van der Waals surface area (Å²) in [6.45, 7) is 0.929. The van der Waals surface area contributed by atoms with Gasteiger partial charge in [-0.15, -0.1) is 0 Å². The van der Waals surface area contributed by atoms with Gasteiger partial charge in [0.25, 0.3) is 0 Å².